The van der Waals surface area contributed by atoms with E-state index in [2.05, 4.69) is 5.32 Å². The Morgan fingerprint density at radius 3 is 2.26 bits per heavy atom. The van der Waals surface area contributed by atoms with E-state index in [0.29, 0.717) is 17.3 Å². The van der Waals surface area contributed by atoms with Gasteiger partial charge in [0.25, 0.3) is 0 Å². The third-order valence-electron chi connectivity index (χ3n) is 2.64. The van der Waals surface area contributed by atoms with Crippen molar-refractivity contribution in [3.63, 3.8) is 0 Å². The lowest BCUT2D eigenvalue weighted by Gasteiger charge is -2.33. The largest absolute Gasteiger partial charge is 0.481 e. The van der Waals surface area contributed by atoms with Crippen molar-refractivity contribution in [1.29, 1.82) is 0 Å². The van der Waals surface area contributed by atoms with Gasteiger partial charge in [0.05, 0.1) is 10.2 Å². The summed E-state index contributed by atoms with van der Waals surface area (Å²) in [5, 5.41) is 11.9. The van der Waals surface area contributed by atoms with Crippen LogP contribution in [0.1, 0.15) is 34.1 Å². The predicted octanol–water partition coefficient (Wildman–Crippen LogP) is 1.40. The van der Waals surface area contributed by atoms with Gasteiger partial charge in [0, 0.05) is 17.3 Å². The summed E-state index contributed by atoms with van der Waals surface area (Å²) in [5.41, 5.74) is 4.35. The second kappa shape index (κ2) is 7.21. The molecule has 7 heteroatoms. The lowest BCUT2D eigenvalue weighted by atomic mass is 9.82. The smallest absolute Gasteiger partial charge is 0.309 e. The minimum atomic E-state index is -1.01. The Balaban J connectivity index is 5.12. The van der Waals surface area contributed by atoms with Gasteiger partial charge < -0.3 is 16.2 Å². The average Bonchev–Trinajstić information content (AvgIpc) is 2.23. The van der Waals surface area contributed by atoms with E-state index in [1.54, 1.807) is 27.7 Å². The molecule has 0 aliphatic rings. The molecule has 5 nitrogen and oxygen atoms in total. The molecule has 0 spiro atoms. The molecule has 0 fully saturated rings. The first-order valence-corrected chi connectivity index (χ1v) is 7.19. The Morgan fingerprint density at radius 2 is 1.89 bits per heavy atom. The maximum absolute atomic E-state index is 12.2. The molecule has 0 rings (SSSR count). The number of aliphatic carboxylic acids is 1. The van der Waals surface area contributed by atoms with E-state index in [1.807, 2.05) is 0 Å². The van der Waals surface area contributed by atoms with Crippen molar-refractivity contribution < 1.29 is 14.7 Å². The van der Waals surface area contributed by atoms with Crippen molar-refractivity contribution in [3.05, 3.63) is 0 Å². The minimum absolute atomic E-state index is 0.185. The summed E-state index contributed by atoms with van der Waals surface area (Å²) >= 11 is 6.26. The number of thioether (sulfide) groups is 1. The summed E-state index contributed by atoms with van der Waals surface area (Å²) in [6.45, 7) is 7.34. The molecule has 0 aliphatic carbocycles. The number of thiocarbonyl (C=S) groups is 1. The number of rotatable bonds is 7. The summed E-state index contributed by atoms with van der Waals surface area (Å²) in [6.07, 6.45) is 0.185. The standard InChI is InChI=1S/C12H22N2O3S2/c1-8(18)19-12(4,9(15)14-6-5-13)7-11(2,3)10(16)17/h5-7,13H2,1-4H3,(H,14,15)(H,16,17). The molecule has 1 unspecified atom stereocenters. The average molecular weight is 306 g/mol. The van der Waals surface area contributed by atoms with Gasteiger partial charge in [0.15, 0.2) is 0 Å². The van der Waals surface area contributed by atoms with Crippen molar-refractivity contribution in [3.8, 4) is 0 Å². The third-order valence-corrected chi connectivity index (χ3v) is 3.96. The topological polar surface area (TPSA) is 92.4 Å². The van der Waals surface area contributed by atoms with Crippen LogP contribution >= 0.6 is 24.0 Å². The zero-order chi connectivity index (χ0) is 15.3. The van der Waals surface area contributed by atoms with Gasteiger partial charge in [0.1, 0.15) is 0 Å². The number of nitrogens with one attached hydrogen (secondary N) is 1. The van der Waals surface area contributed by atoms with E-state index < -0.39 is 16.1 Å². The van der Waals surface area contributed by atoms with E-state index in [4.69, 9.17) is 18.0 Å². The van der Waals surface area contributed by atoms with Crippen molar-refractivity contribution in [1.82, 2.24) is 5.32 Å². The normalized spacial score (nSPS) is 14.6. The Morgan fingerprint density at radius 1 is 1.37 bits per heavy atom. The molecule has 0 saturated carbocycles. The van der Waals surface area contributed by atoms with Gasteiger partial charge in [-0.15, -0.1) is 11.8 Å². The van der Waals surface area contributed by atoms with Crippen molar-refractivity contribution in [2.75, 3.05) is 13.1 Å². The van der Waals surface area contributed by atoms with Gasteiger partial charge in [-0.05, 0) is 34.1 Å². The van der Waals surface area contributed by atoms with Crippen LogP contribution in [0.25, 0.3) is 0 Å². The van der Waals surface area contributed by atoms with Crippen molar-refractivity contribution in [2.24, 2.45) is 11.1 Å². The van der Waals surface area contributed by atoms with E-state index in [1.165, 1.54) is 11.8 Å². The molecule has 19 heavy (non-hydrogen) atoms. The Kier molecular flexibility index (Phi) is 6.96. The van der Waals surface area contributed by atoms with Crippen LogP contribution in [0.5, 0.6) is 0 Å². The lowest BCUT2D eigenvalue weighted by molar-refractivity contribution is -0.147. The van der Waals surface area contributed by atoms with Crippen LogP contribution in [-0.4, -0.2) is 39.0 Å². The van der Waals surface area contributed by atoms with E-state index >= 15 is 0 Å². The van der Waals surface area contributed by atoms with Gasteiger partial charge in [-0.3, -0.25) is 9.59 Å². The van der Waals surface area contributed by atoms with E-state index in [-0.39, 0.29) is 12.3 Å². The van der Waals surface area contributed by atoms with Crippen LogP contribution in [0.15, 0.2) is 0 Å². The molecule has 1 atom stereocenters. The fourth-order valence-electron chi connectivity index (χ4n) is 1.77. The van der Waals surface area contributed by atoms with Gasteiger partial charge in [-0.1, -0.05) is 12.2 Å². The maximum atomic E-state index is 12.2. The summed E-state index contributed by atoms with van der Waals surface area (Å²) < 4.78 is -0.310. The number of amides is 1. The molecule has 0 aromatic carbocycles. The maximum Gasteiger partial charge on any atom is 0.309 e. The molecule has 0 heterocycles. The van der Waals surface area contributed by atoms with Crippen LogP contribution in [-0.2, 0) is 9.59 Å². The van der Waals surface area contributed by atoms with Gasteiger partial charge in [0.2, 0.25) is 5.91 Å². The summed E-state index contributed by atoms with van der Waals surface area (Å²) in [6, 6.07) is 0. The summed E-state index contributed by atoms with van der Waals surface area (Å²) in [4.78, 5) is 23.4. The second-order valence-electron chi connectivity index (χ2n) is 5.23. The van der Waals surface area contributed by atoms with Crippen LogP contribution in [0.4, 0.5) is 0 Å². The first-order chi connectivity index (χ1) is 8.55. The molecule has 0 bridgehead atoms. The molecule has 4 N–H and O–H groups in total. The lowest BCUT2D eigenvalue weighted by Crippen LogP contribution is -2.47. The summed E-state index contributed by atoms with van der Waals surface area (Å²) in [5.74, 6) is -1.17. The molecular formula is C12H22N2O3S2. The first-order valence-electron chi connectivity index (χ1n) is 5.96. The predicted molar refractivity (Wildman–Crippen MR) is 82.4 cm³/mol. The minimum Gasteiger partial charge on any atom is -0.481 e. The number of hydrogen-bond donors (Lipinski definition) is 3. The highest BCUT2D eigenvalue weighted by Crippen LogP contribution is 2.38. The molecule has 0 aromatic rings. The number of carboxylic acid groups (broad SMARTS) is 1. The summed E-state index contributed by atoms with van der Waals surface area (Å²) in [7, 11) is 0. The van der Waals surface area contributed by atoms with Gasteiger partial charge in [-0.2, -0.15) is 0 Å². The highest BCUT2D eigenvalue weighted by molar-refractivity contribution is 8.24. The Hall–Kier alpha value is -0.660. The fraction of sp³-hybridized carbons (Fsp3) is 0.750. The number of carbonyl (C=O) groups is 2. The van der Waals surface area contributed by atoms with Crippen molar-refractivity contribution >= 4 is 40.1 Å². The third kappa shape index (κ3) is 5.88. The molecule has 0 aromatic heterocycles. The van der Waals surface area contributed by atoms with E-state index in [9.17, 15) is 14.7 Å². The molecule has 110 valence electrons. The van der Waals surface area contributed by atoms with Crippen LogP contribution in [0, 0.1) is 5.41 Å². The second-order valence-corrected chi connectivity index (χ2v) is 7.82. The monoisotopic (exact) mass is 306 g/mol. The van der Waals surface area contributed by atoms with Gasteiger partial charge in [-0.25, -0.2) is 0 Å². The van der Waals surface area contributed by atoms with Crippen LogP contribution < -0.4 is 11.1 Å². The molecule has 1 amide bonds. The molecule has 0 radical (unpaired) electrons. The highest BCUT2D eigenvalue weighted by Gasteiger charge is 2.43. The molecule has 0 aliphatic heterocycles. The first kappa shape index (κ1) is 18.3. The number of carboxylic acids is 1. The zero-order valence-electron chi connectivity index (χ0n) is 11.8. The number of nitrogens with two attached hydrogens (primary N) is 1. The SMILES string of the molecule is CC(=S)SC(C)(CC(C)(C)C(=O)O)C(=O)NCCN. The molecule has 0 saturated heterocycles. The fourth-order valence-corrected chi connectivity index (χ4v) is 3.56. The van der Waals surface area contributed by atoms with E-state index in [0.717, 1.165) is 0 Å². The van der Waals surface area contributed by atoms with Gasteiger partial charge >= 0.3 is 5.97 Å². The zero-order valence-corrected chi connectivity index (χ0v) is 13.4. The molecular weight excluding hydrogens is 284 g/mol. The Bertz CT molecular complexity index is 372. The number of carbonyl (C=O) groups excluding carboxylic acids is 1. The van der Waals surface area contributed by atoms with Crippen molar-refractivity contribution in [2.45, 2.75) is 38.9 Å². The highest BCUT2D eigenvalue weighted by atomic mass is 32.2. The number of hydrogen-bond acceptors (Lipinski definition) is 5. The van der Waals surface area contributed by atoms with Crippen LogP contribution in [0.2, 0.25) is 0 Å². The Labute approximate surface area is 123 Å². The van der Waals surface area contributed by atoms with Crippen LogP contribution in [0.3, 0.4) is 0 Å². The quantitative estimate of drug-likeness (QED) is 0.616.